The van der Waals surface area contributed by atoms with E-state index in [1.54, 1.807) is 28.2 Å². The number of hydrogen-bond donors (Lipinski definition) is 5. The van der Waals surface area contributed by atoms with Gasteiger partial charge in [-0.05, 0) is 38.4 Å². The normalized spacial score (nSPS) is 28.6. The van der Waals surface area contributed by atoms with Crippen molar-refractivity contribution in [2.24, 2.45) is 17.6 Å². The predicted molar refractivity (Wildman–Crippen MR) is 118 cm³/mol. The van der Waals surface area contributed by atoms with Gasteiger partial charge in [-0.25, -0.2) is 4.39 Å². The molecule has 182 valence electrons. The van der Waals surface area contributed by atoms with E-state index < -0.39 is 69.6 Å². The highest BCUT2D eigenvalue weighted by molar-refractivity contribution is 6.24. The monoisotopic (exact) mass is 475 g/mol. The molecule has 10 nitrogen and oxygen atoms in total. The summed E-state index contributed by atoms with van der Waals surface area (Å²) in [5, 5.41) is 43.8. The van der Waals surface area contributed by atoms with E-state index >= 15 is 0 Å². The fourth-order valence-electron chi connectivity index (χ4n) is 5.76. The minimum atomic E-state index is -2.70. The van der Waals surface area contributed by atoms with Crippen molar-refractivity contribution >= 4 is 23.2 Å². The maximum Gasteiger partial charge on any atom is 0.255 e. The molecule has 0 spiro atoms. The molecule has 6 N–H and O–H groups in total. The fourth-order valence-corrected chi connectivity index (χ4v) is 5.76. The number of halogens is 1. The summed E-state index contributed by atoms with van der Waals surface area (Å²) in [4.78, 5) is 41.6. The van der Waals surface area contributed by atoms with Crippen LogP contribution in [0.3, 0.4) is 0 Å². The number of aliphatic hydroxyl groups is 3. The Balaban J connectivity index is 1.99. The van der Waals surface area contributed by atoms with E-state index in [1.807, 2.05) is 0 Å². The fraction of sp³-hybridized carbons (Fsp3) is 0.435. The number of primary amides is 1. The van der Waals surface area contributed by atoms with Gasteiger partial charge in [0.05, 0.1) is 17.3 Å². The van der Waals surface area contributed by atoms with Gasteiger partial charge in [-0.3, -0.25) is 19.3 Å². The second kappa shape index (κ2) is 7.54. The minimum absolute atomic E-state index is 0.0212. The molecule has 1 aromatic carbocycles. The lowest BCUT2D eigenvalue weighted by Gasteiger charge is -2.50. The minimum Gasteiger partial charge on any atom is -0.510 e. The van der Waals surface area contributed by atoms with Crippen LogP contribution in [-0.2, 0) is 16.0 Å². The van der Waals surface area contributed by atoms with Crippen LogP contribution in [0, 0.1) is 17.7 Å². The number of hydrogen-bond acceptors (Lipinski definition) is 9. The maximum absolute atomic E-state index is 14.7. The summed E-state index contributed by atoms with van der Waals surface area (Å²) in [5.74, 6) is -8.31. The van der Waals surface area contributed by atoms with E-state index in [-0.39, 0.29) is 35.2 Å². The Hall–Kier alpha value is -3.44. The smallest absolute Gasteiger partial charge is 0.255 e. The zero-order valence-electron chi connectivity index (χ0n) is 19.1. The number of phenols is 1. The van der Waals surface area contributed by atoms with Crippen LogP contribution in [0.2, 0.25) is 0 Å². The number of allylic oxidation sites excluding steroid dienone is 1. The van der Waals surface area contributed by atoms with E-state index in [9.17, 15) is 39.2 Å². The first kappa shape index (κ1) is 23.7. The van der Waals surface area contributed by atoms with Gasteiger partial charge < -0.3 is 31.1 Å². The van der Waals surface area contributed by atoms with Crippen LogP contribution in [0.1, 0.15) is 22.3 Å². The lowest BCUT2D eigenvalue weighted by atomic mass is 9.58. The summed E-state index contributed by atoms with van der Waals surface area (Å²) in [6.45, 7) is 0. The molecule has 0 aromatic heterocycles. The standard InChI is InChI=1S/C23H26FN3O7/c1-26(2)16-9-5-8-6-10-17(27(3)4)19(30)15(22(25)33)21(32)23(10,34)20(31)13(8)18(29)14(9)12(28)7-11(16)24/h7-8,10,17,28,30-31,34H,5-6H2,1-4H3,(H2,25,33)/t8-,10-,17-,23-/m0/s1. The van der Waals surface area contributed by atoms with Crippen molar-refractivity contribution in [3.8, 4) is 5.75 Å². The van der Waals surface area contributed by atoms with Crippen molar-refractivity contribution in [3.63, 3.8) is 0 Å². The largest absolute Gasteiger partial charge is 0.510 e. The highest BCUT2D eigenvalue weighted by Crippen LogP contribution is 2.53. The van der Waals surface area contributed by atoms with Crippen LogP contribution >= 0.6 is 0 Å². The molecule has 1 aromatic rings. The summed E-state index contributed by atoms with van der Waals surface area (Å²) < 4.78 is 14.7. The molecule has 0 bridgehead atoms. The van der Waals surface area contributed by atoms with Gasteiger partial charge in [-0.1, -0.05) is 0 Å². The number of carbonyl (C=O) groups is 3. The lowest BCUT2D eigenvalue weighted by Crippen LogP contribution is -2.63. The van der Waals surface area contributed by atoms with Crippen LogP contribution in [0.4, 0.5) is 10.1 Å². The summed E-state index contributed by atoms with van der Waals surface area (Å²) in [7, 11) is 6.26. The van der Waals surface area contributed by atoms with E-state index in [4.69, 9.17) is 5.73 Å². The van der Waals surface area contributed by atoms with Crippen LogP contribution in [0.25, 0.3) is 0 Å². The molecular formula is C23H26FN3O7. The first-order chi connectivity index (χ1) is 15.7. The first-order valence-corrected chi connectivity index (χ1v) is 10.6. The SMILES string of the molecule is CN(C)c1c(F)cc(O)c2c1C[C@H]1C[C@H]3[C@H](N(C)C)C(O)=C(C(N)=O)C(=O)[C@@]3(O)C(O)=C1C2=O. The summed E-state index contributed by atoms with van der Waals surface area (Å²) >= 11 is 0. The Kier molecular flexibility index (Phi) is 5.26. The van der Waals surface area contributed by atoms with Crippen molar-refractivity contribution in [3.05, 3.63) is 45.7 Å². The quantitative estimate of drug-likeness (QED) is 0.387. The zero-order chi connectivity index (χ0) is 25.4. The van der Waals surface area contributed by atoms with Crippen LogP contribution in [0.5, 0.6) is 5.75 Å². The number of benzene rings is 1. The molecule has 1 amide bonds. The highest BCUT2D eigenvalue weighted by Gasteiger charge is 2.63. The van der Waals surface area contributed by atoms with E-state index in [1.165, 1.54) is 9.80 Å². The molecule has 34 heavy (non-hydrogen) atoms. The number of aliphatic hydroxyl groups excluding tert-OH is 2. The van der Waals surface area contributed by atoms with Gasteiger partial charge in [0.25, 0.3) is 5.91 Å². The lowest BCUT2D eigenvalue weighted by molar-refractivity contribution is -0.148. The molecule has 0 saturated heterocycles. The second-order valence-electron chi connectivity index (χ2n) is 9.44. The van der Waals surface area contributed by atoms with E-state index in [0.29, 0.717) is 0 Å². The van der Waals surface area contributed by atoms with Gasteiger partial charge in [0.15, 0.2) is 11.4 Å². The van der Waals surface area contributed by atoms with Gasteiger partial charge in [-0.2, -0.15) is 0 Å². The Bertz CT molecular complexity index is 1220. The van der Waals surface area contributed by atoms with Crippen LogP contribution in [-0.4, -0.2) is 82.6 Å². The molecule has 0 aliphatic heterocycles. The predicted octanol–water partition coefficient (Wildman–Crippen LogP) is 0.326. The number of rotatable bonds is 3. The molecule has 11 heteroatoms. The third kappa shape index (κ3) is 2.90. The van der Waals surface area contributed by atoms with Crippen molar-refractivity contribution in [2.45, 2.75) is 24.5 Å². The Morgan fingerprint density at radius 3 is 2.32 bits per heavy atom. The third-order valence-corrected chi connectivity index (χ3v) is 7.10. The third-order valence-electron chi connectivity index (χ3n) is 7.10. The number of phenolic OH excluding ortho intramolecular Hbond substituents is 1. The van der Waals surface area contributed by atoms with Gasteiger partial charge in [0, 0.05) is 31.7 Å². The van der Waals surface area contributed by atoms with Gasteiger partial charge >= 0.3 is 0 Å². The van der Waals surface area contributed by atoms with Gasteiger partial charge in [0.2, 0.25) is 5.78 Å². The number of ketones is 2. The number of likely N-dealkylation sites (N-methyl/N-ethyl adjacent to an activating group) is 1. The van der Waals surface area contributed by atoms with Crippen molar-refractivity contribution < 1.29 is 39.2 Å². The van der Waals surface area contributed by atoms with Gasteiger partial charge in [0.1, 0.15) is 28.7 Å². The second-order valence-corrected chi connectivity index (χ2v) is 9.44. The number of fused-ring (bicyclic) bond motifs is 3. The molecule has 0 heterocycles. The van der Waals surface area contributed by atoms with Crippen LogP contribution in [0.15, 0.2) is 28.7 Å². The maximum atomic E-state index is 14.7. The topological polar surface area (TPSA) is 165 Å². The summed E-state index contributed by atoms with van der Waals surface area (Å²) in [5.41, 5.74) is 1.54. The Morgan fingerprint density at radius 1 is 1.18 bits per heavy atom. The highest BCUT2D eigenvalue weighted by atomic mass is 19.1. The number of nitrogens with two attached hydrogens (primary N) is 1. The Labute approximate surface area is 194 Å². The Morgan fingerprint density at radius 2 is 1.79 bits per heavy atom. The average Bonchev–Trinajstić information content (AvgIpc) is 2.69. The number of aromatic hydroxyl groups is 1. The molecule has 0 fully saturated rings. The number of carbonyl (C=O) groups excluding carboxylic acids is 3. The zero-order valence-corrected chi connectivity index (χ0v) is 19.1. The molecular weight excluding hydrogens is 449 g/mol. The average molecular weight is 475 g/mol. The number of amides is 1. The number of nitrogens with zero attached hydrogens (tertiary/aromatic N) is 2. The summed E-state index contributed by atoms with van der Waals surface area (Å²) in [6, 6.07) is -0.288. The summed E-state index contributed by atoms with van der Waals surface area (Å²) in [6.07, 6.45) is -0.0384. The molecule has 0 saturated carbocycles. The van der Waals surface area contributed by atoms with Gasteiger partial charge in [-0.15, -0.1) is 0 Å². The first-order valence-electron chi connectivity index (χ1n) is 10.6. The number of Topliss-reactive ketones (excluding diaryl/α,β-unsaturated/α-hetero) is 2. The van der Waals surface area contributed by atoms with Crippen molar-refractivity contribution in [1.82, 2.24) is 4.90 Å². The van der Waals surface area contributed by atoms with Crippen molar-refractivity contribution in [1.29, 1.82) is 0 Å². The van der Waals surface area contributed by atoms with E-state index in [0.717, 1.165) is 6.07 Å². The van der Waals surface area contributed by atoms with Crippen molar-refractivity contribution in [2.75, 3.05) is 33.1 Å². The molecule has 3 aliphatic rings. The molecule has 0 unspecified atom stereocenters. The molecule has 4 rings (SSSR count). The molecule has 4 atom stereocenters. The molecule has 3 aliphatic carbocycles. The van der Waals surface area contributed by atoms with E-state index in [2.05, 4.69) is 0 Å². The molecule has 0 radical (unpaired) electrons. The number of anilines is 1. The van der Waals surface area contributed by atoms with Crippen LogP contribution < -0.4 is 10.6 Å².